The first-order chi connectivity index (χ1) is 5.38. The molecule has 0 aromatic heterocycles. The van der Waals surface area contributed by atoms with E-state index in [0.29, 0.717) is 6.54 Å². The third-order valence-corrected chi connectivity index (χ3v) is 1.73. The Morgan fingerprint density at radius 1 is 1.55 bits per heavy atom. The van der Waals surface area contributed by atoms with Crippen LogP contribution in [0.15, 0.2) is 10.4 Å². The van der Waals surface area contributed by atoms with Crippen LogP contribution in [0.1, 0.15) is 19.3 Å². The molecule has 0 saturated carbocycles. The molecule has 0 spiro atoms. The van der Waals surface area contributed by atoms with E-state index >= 15 is 0 Å². The molecule has 6 nitrogen and oxygen atoms in total. The highest BCUT2D eigenvalue weighted by Crippen LogP contribution is 2.17. The molecule has 1 aliphatic rings. The number of piperidine rings is 1. The summed E-state index contributed by atoms with van der Waals surface area (Å²) in [6, 6.07) is 0. The van der Waals surface area contributed by atoms with Crippen LogP contribution in [0.25, 0.3) is 10.4 Å². The predicted molar refractivity (Wildman–Crippen MR) is 39.3 cm³/mol. The zero-order valence-corrected chi connectivity index (χ0v) is 6.05. The predicted octanol–water partition coefficient (Wildman–Crippen LogP) is 1.79. The maximum atomic E-state index is 10.1. The molecule has 1 heterocycles. The van der Waals surface area contributed by atoms with Gasteiger partial charge in [0, 0.05) is 11.5 Å². The lowest BCUT2D eigenvalue weighted by atomic mass is 10.1. The largest absolute Gasteiger partial charge is 0.252 e. The molecule has 1 rings (SSSR count). The zero-order chi connectivity index (χ0) is 8.10. The summed E-state index contributed by atoms with van der Waals surface area (Å²) in [5, 5.41) is 7.51. The normalized spacial score (nSPS) is 24.0. The summed E-state index contributed by atoms with van der Waals surface area (Å²) in [6.45, 7) is 0.604. The molecule has 1 unspecified atom stereocenters. The van der Waals surface area contributed by atoms with Gasteiger partial charge in [0.1, 0.15) is 6.17 Å². The lowest BCUT2D eigenvalue weighted by Gasteiger charge is -2.26. The molecular formula is C5H9N5O. The van der Waals surface area contributed by atoms with Gasteiger partial charge in [0.25, 0.3) is 0 Å². The Kier molecular flexibility index (Phi) is 2.68. The Hall–Kier alpha value is -1.29. The molecule has 1 aliphatic heterocycles. The maximum absolute atomic E-state index is 10.1. The van der Waals surface area contributed by atoms with Gasteiger partial charge in [-0.25, -0.2) is 0 Å². The quantitative estimate of drug-likeness (QED) is 0.263. The van der Waals surface area contributed by atoms with Crippen molar-refractivity contribution in [2.75, 3.05) is 6.54 Å². The average molecular weight is 155 g/mol. The highest BCUT2D eigenvalue weighted by atomic mass is 16.3. The highest BCUT2D eigenvalue weighted by molar-refractivity contribution is 4.71. The fourth-order valence-corrected chi connectivity index (χ4v) is 1.17. The van der Waals surface area contributed by atoms with E-state index in [2.05, 4.69) is 15.3 Å². The second-order valence-electron chi connectivity index (χ2n) is 2.43. The molecule has 0 amide bonds. The fourth-order valence-electron chi connectivity index (χ4n) is 1.17. The molecular weight excluding hydrogens is 146 g/mol. The molecule has 6 heteroatoms. The van der Waals surface area contributed by atoms with Gasteiger partial charge >= 0.3 is 0 Å². The van der Waals surface area contributed by atoms with Crippen LogP contribution in [-0.4, -0.2) is 17.7 Å². The van der Waals surface area contributed by atoms with Crippen molar-refractivity contribution in [2.24, 2.45) is 10.4 Å². The molecule has 60 valence electrons. The van der Waals surface area contributed by atoms with Gasteiger partial charge in [-0.05, 0) is 24.8 Å². The van der Waals surface area contributed by atoms with E-state index in [1.807, 2.05) is 0 Å². The molecule has 1 saturated heterocycles. The van der Waals surface area contributed by atoms with Gasteiger partial charge in [0.05, 0.1) is 5.29 Å². The maximum Gasteiger partial charge on any atom is 0.129 e. The number of hydrogen-bond acceptors (Lipinski definition) is 3. The first-order valence-corrected chi connectivity index (χ1v) is 3.52. The van der Waals surface area contributed by atoms with Crippen molar-refractivity contribution in [2.45, 2.75) is 25.4 Å². The van der Waals surface area contributed by atoms with E-state index < -0.39 is 0 Å². The van der Waals surface area contributed by atoms with Crippen molar-refractivity contribution in [3.05, 3.63) is 15.3 Å². The summed E-state index contributed by atoms with van der Waals surface area (Å²) in [6.07, 6.45) is 2.32. The van der Waals surface area contributed by atoms with Crippen molar-refractivity contribution in [3.8, 4) is 0 Å². The van der Waals surface area contributed by atoms with E-state index in [1.165, 1.54) is 5.01 Å². The molecule has 1 fully saturated rings. The summed E-state index contributed by atoms with van der Waals surface area (Å²) >= 11 is 0. The molecule has 0 N–H and O–H groups in total. The SMILES string of the molecule is [N-]=[N+]=NC1CCCCN1N=O. The number of nitrogens with zero attached hydrogens (tertiary/aromatic N) is 5. The first-order valence-electron chi connectivity index (χ1n) is 3.52. The van der Waals surface area contributed by atoms with E-state index in [0.717, 1.165) is 19.3 Å². The molecule has 0 radical (unpaired) electrons. The van der Waals surface area contributed by atoms with E-state index in [4.69, 9.17) is 5.53 Å². The summed E-state index contributed by atoms with van der Waals surface area (Å²) in [7, 11) is 0. The topological polar surface area (TPSA) is 81.4 Å². The number of hydrogen-bond donors (Lipinski definition) is 0. The monoisotopic (exact) mass is 155 g/mol. The summed E-state index contributed by atoms with van der Waals surface area (Å²) in [4.78, 5) is 12.8. The van der Waals surface area contributed by atoms with Crippen molar-refractivity contribution in [1.82, 2.24) is 5.01 Å². The highest BCUT2D eigenvalue weighted by Gasteiger charge is 2.20. The van der Waals surface area contributed by atoms with Crippen LogP contribution in [-0.2, 0) is 0 Å². The van der Waals surface area contributed by atoms with E-state index in [9.17, 15) is 4.91 Å². The van der Waals surface area contributed by atoms with Crippen LogP contribution < -0.4 is 0 Å². The Balaban J connectivity index is 2.57. The van der Waals surface area contributed by atoms with Crippen LogP contribution >= 0.6 is 0 Å². The number of nitroso groups, excluding NO2 is 1. The average Bonchev–Trinajstić information content (AvgIpc) is 2.06. The van der Waals surface area contributed by atoms with Crippen LogP contribution in [0.3, 0.4) is 0 Å². The number of azide groups is 1. The van der Waals surface area contributed by atoms with Gasteiger partial charge in [-0.2, -0.15) is 0 Å². The Morgan fingerprint density at radius 2 is 2.36 bits per heavy atom. The Labute approximate surface area is 63.8 Å². The minimum atomic E-state index is -0.355. The molecule has 0 aliphatic carbocycles. The molecule has 11 heavy (non-hydrogen) atoms. The van der Waals surface area contributed by atoms with Gasteiger partial charge in [0.2, 0.25) is 0 Å². The smallest absolute Gasteiger partial charge is 0.129 e. The van der Waals surface area contributed by atoms with Gasteiger partial charge < -0.3 is 0 Å². The van der Waals surface area contributed by atoms with Gasteiger partial charge in [-0.1, -0.05) is 5.11 Å². The van der Waals surface area contributed by atoms with Gasteiger partial charge in [-0.15, -0.1) is 4.91 Å². The molecule has 0 aromatic rings. The van der Waals surface area contributed by atoms with Crippen molar-refractivity contribution in [3.63, 3.8) is 0 Å². The van der Waals surface area contributed by atoms with Gasteiger partial charge in [-0.3, -0.25) is 5.01 Å². The minimum Gasteiger partial charge on any atom is -0.252 e. The van der Waals surface area contributed by atoms with Crippen molar-refractivity contribution >= 4 is 0 Å². The first kappa shape index (κ1) is 7.81. The third-order valence-electron chi connectivity index (χ3n) is 1.73. The van der Waals surface area contributed by atoms with Crippen molar-refractivity contribution < 1.29 is 0 Å². The second-order valence-corrected chi connectivity index (χ2v) is 2.43. The standard InChI is InChI=1S/C5H9N5O/c6-8-7-5-3-1-2-4-10(5)9-11/h5H,1-4H2. The molecule has 1 atom stereocenters. The van der Waals surface area contributed by atoms with Crippen LogP contribution in [0.2, 0.25) is 0 Å². The summed E-state index contributed by atoms with van der Waals surface area (Å²) in [5.74, 6) is 0. The third kappa shape index (κ3) is 1.81. The number of rotatable bonds is 2. The van der Waals surface area contributed by atoms with Crippen molar-refractivity contribution in [1.29, 1.82) is 0 Å². The lowest BCUT2D eigenvalue weighted by Crippen LogP contribution is -2.33. The second kappa shape index (κ2) is 3.78. The summed E-state index contributed by atoms with van der Waals surface area (Å²) < 4.78 is 0. The minimum absolute atomic E-state index is 0.355. The Bertz CT molecular complexity index is 187. The lowest BCUT2D eigenvalue weighted by molar-refractivity contribution is 0.156. The van der Waals surface area contributed by atoms with Crippen LogP contribution in [0.5, 0.6) is 0 Å². The van der Waals surface area contributed by atoms with Crippen LogP contribution in [0.4, 0.5) is 0 Å². The van der Waals surface area contributed by atoms with Gasteiger partial charge in [0.15, 0.2) is 0 Å². The zero-order valence-electron chi connectivity index (χ0n) is 6.05. The van der Waals surface area contributed by atoms with Crippen LogP contribution in [0, 0.1) is 4.91 Å². The van der Waals surface area contributed by atoms with E-state index in [1.54, 1.807) is 0 Å². The fraction of sp³-hybridized carbons (Fsp3) is 1.00. The molecule has 0 bridgehead atoms. The Morgan fingerprint density at radius 3 is 3.00 bits per heavy atom. The molecule has 0 aromatic carbocycles. The summed E-state index contributed by atoms with van der Waals surface area (Å²) in [5.41, 5.74) is 8.12. The van der Waals surface area contributed by atoms with E-state index in [-0.39, 0.29) is 6.17 Å².